The molecule has 5 nitrogen and oxygen atoms in total. The van der Waals surface area contributed by atoms with Crippen molar-refractivity contribution in [3.8, 4) is 0 Å². The molecule has 4 rings (SSSR count). The molecule has 28 heavy (non-hydrogen) atoms. The Labute approximate surface area is 165 Å². The molecule has 1 N–H and O–H groups in total. The topological polar surface area (TPSA) is 58.4 Å². The molecule has 0 spiro atoms. The van der Waals surface area contributed by atoms with E-state index in [9.17, 15) is 4.79 Å². The molecule has 1 saturated heterocycles. The largest absolute Gasteiger partial charge is 0.472 e. The summed E-state index contributed by atoms with van der Waals surface area (Å²) in [5, 5.41) is 3.23. The van der Waals surface area contributed by atoms with Crippen LogP contribution < -0.4 is 5.32 Å². The van der Waals surface area contributed by atoms with Gasteiger partial charge in [-0.3, -0.25) is 4.79 Å². The number of pyridine rings is 1. The number of carbonyl (C=O) groups is 1. The quantitative estimate of drug-likeness (QED) is 0.702. The van der Waals surface area contributed by atoms with Crippen molar-refractivity contribution in [1.82, 2.24) is 9.88 Å². The van der Waals surface area contributed by atoms with Crippen molar-refractivity contribution >= 4 is 11.7 Å². The van der Waals surface area contributed by atoms with Crippen LogP contribution in [0.3, 0.4) is 0 Å². The number of aromatic nitrogens is 1. The third-order valence-corrected chi connectivity index (χ3v) is 5.35. The monoisotopic (exact) mass is 375 g/mol. The highest BCUT2D eigenvalue weighted by molar-refractivity contribution is 5.94. The highest BCUT2D eigenvalue weighted by atomic mass is 16.3. The van der Waals surface area contributed by atoms with Gasteiger partial charge in [0.1, 0.15) is 5.82 Å². The molecule has 1 aliphatic heterocycles. The number of likely N-dealkylation sites (tertiary alicyclic amines) is 1. The van der Waals surface area contributed by atoms with Crippen molar-refractivity contribution in [2.45, 2.75) is 31.7 Å². The summed E-state index contributed by atoms with van der Waals surface area (Å²) in [5.41, 5.74) is 3.08. The van der Waals surface area contributed by atoms with Crippen LogP contribution in [0.25, 0.3) is 0 Å². The van der Waals surface area contributed by atoms with E-state index in [0.29, 0.717) is 18.0 Å². The van der Waals surface area contributed by atoms with Crippen molar-refractivity contribution in [1.29, 1.82) is 0 Å². The molecule has 1 amide bonds. The molecular weight excluding hydrogens is 350 g/mol. The number of nitrogens with zero attached hydrogens (tertiary/aromatic N) is 2. The first-order valence-electron chi connectivity index (χ1n) is 9.85. The van der Waals surface area contributed by atoms with Gasteiger partial charge in [-0.2, -0.15) is 0 Å². The van der Waals surface area contributed by atoms with Gasteiger partial charge < -0.3 is 14.6 Å². The highest BCUT2D eigenvalue weighted by Crippen LogP contribution is 2.28. The minimum absolute atomic E-state index is 0.0718. The predicted molar refractivity (Wildman–Crippen MR) is 109 cm³/mol. The van der Waals surface area contributed by atoms with Crippen molar-refractivity contribution in [2.24, 2.45) is 0 Å². The number of carbonyl (C=O) groups excluding carboxylic acids is 1. The van der Waals surface area contributed by atoms with Crippen LogP contribution >= 0.6 is 0 Å². The number of hydrogen-bond acceptors (Lipinski definition) is 4. The van der Waals surface area contributed by atoms with Crippen LogP contribution in [-0.2, 0) is 6.54 Å². The van der Waals surface area contributed by atoms with Crippen molar-refractivity contribution in [3.05, 3.63) is 83.9 Å². The third-order valence-electron chi connectivity index (χ3n) is 5.35. The summed E-state index contributed by atoms with van der Waals surface area (Å²) in [5.74, 6) is 1.35. The fourth-order valence-corrected chi connectivity index (χ4v) is 3.75. The Balaban J connectivity index is 1.34. The summed E-state index contributed by atoms with van der Waals surface area (Å²) in [6.07, 6.45) is 8.18. The van der Waals surface area contributed by atoms with E-state index in [0.717, 1.165) is 43.7 Å². The molecule has 2 aromatic heterocycles. The van der Waals surface area contributed by atoms with Crippen molar-refractivity contribution in [3.63, 3.8) is 0 Å². The lowest BCUT2D eigenvalue weighted by atomic mass is 9.92. The van der Waals surface area contributed by atoms with Crippen LogP contribution in [0.2, 0.25) is 0 Å². The van der Waals surface area contributed by atoms with Crippen LogP contribution in [0.5, 0.6) is 0 Å². The first kappa shape index (κ1) is 18.3. The van der Waals surface area contributed by atoms with Gasteiger partial charge >= 0.3 is 0 Å². The van der Waals surface area contributed by atoms with Gasteiger partial charge in [-0.05, 0) is 48.9 Å². The fraction of sp³-hybridized carbons (Fsp3) is 0.304. The molecule has 0 radical (unpaired) electrons. The SMILES string of the molecule is O=C(c1ccc(NCc2ccoc2)nc1)N1CCCC(c2ccccc2)CC1. The van der Waals surface area contributed by atoms with E-state index < -0.39 is 0 Å². The van der Waals surface area contributed by atoms with E-state index >= 15 is 0 Å². The summed E-state index contributed by atoms with van der Waals surface area (Å²) in [7, 11) is 0. The van der Waals surface area contributed by atoms with E-state index in [-0.39, 0.29) is 5.91 Å². The maximum Gasteiger partial charge on any atom is 0.255 e. The first-order valence-corrected chi connectivity index (χ1v) is 9.85. The van der Waals surface area contributed by atoms with Crippen molar-refractivity contribution < 1.29 is 9.21 Å². The van der Waals surface area contributed by atoms with Gasteiger partial charge in [-0.1, -0.05) is 30.3 Å². The van der Waals surface area contributed by atoms with E-state index in [1.165, 1.54) is 5.56 Å². The maximum atomic E-state index is 12.9. The Bertz CT molecular complexity index is 876. The number of anilines is 1. The normalized spacial score (nSPS) is 17.1. The molecule has 1 aromatic carbocycles. The second-order valence-electron chi connectivity index (χ2n) is 7.25. The summed E-state index contributed by atoms with van der Waals surface area (Å²) in [4.78, 5) is 19.3. The number of rotatable bonds is 5. The van der Waals surface area contributed by atoms with Gasteiger partial charge in [-0.25, -0.2) is 4.98 Å². The number of hydrogen-bond donors (Lipinski definition) is 1. The lowest BCUT2D eigenvalue weighted by molar-refractivity contribution is 0.0760. The van der Waals surface area contributed by atoms with Crippen LogP contribution in [-0.4, -0.2) is 28.9 Å². The zero-order chi connectivity index (χ0) is 19.2. The highest BCUT2D eigenvalue weighted by Gasteiger charge is 2.22. The minimum Gasteiger partial charge on any atom is -0.472 e. The number of benzene rings is 1. The fourth-order valence-electron chi connectivity index (χ4n) is 3.75. The van der Waals surface area contributed by atoms with Gasteiger partial charge in [0.2, 0.25) is 0 Å². The molecule has 5 heteroatoms. The molecule has 0 saturated carbocycles. The average Bonchev–Trinajstić information content (AvgIpc) is 3.15. The predicted octanol–water partition coefficient (Wildman–Crippen LogP) is 4.70. The Morgan fingerprint density at radius 2 is 2.00 bits per heavy atom. The maximum absolute atomic E-state index is 12.9. The van der Waals surface area contributed by atoms with E-state index in [1.807, 2.05) is 23.1 Å². The number of amides is 1. The first-order chi connectivity index (χ1) is 13.8. The Kier molecular flexibility index (Phi) is 5.71. The molecule has 1 atom stereocenters. The van der Waals surface area contributed by atoms with Gasteiger partial charge in [0.15, 0.2) is 0 Å². The summed E-state index contributed by atoms with van der Waals surface area (Å²) < 4.78 is 5.06. The summed E-state index contributed by atoms with van der Waals surface area (Å²) >= 11 is 0. The van der Waals surface area contributed by atoms with E-state index in [1.54, 1.807) is 18.7 Å². The Hall–Kier alpha value is -3.08. The Morgan fingerprint density at radius 3 is 2.75 bits per heavy atom. The molecule has 3 aromatic rings. The van der Waals surface area contributed by atoms with Gasteiger partial charge in [0.05, 0.1) is 18.1 Å². The van der Waals surface area contributed by atoms with Gasteiger partial charge in [-0.15, -0.1) is 0 Å². The van der Waals surface area contributed by atoms with Gasteiger partial charge in [0.25, 0.3) is 5.91 Å². The summed E-state index contributed by atoms with van der Waals surface area (Å²) in [6, 6.07) is 16.3. The lowest BCUT2D eigenvalue weighted by Crippen LogP contribution is -2.32. The van der Waals surface area contributed by atoms with Crippen LogP contribution in [0, 0.1) is 0 Å². The second-order valence-corrected chi connectivity index (χ2v) is 7.25. The van der Waals surface area contributed by atoms with Crippen molar-refractivity contribution in [2.75, 3.05) is 18.4 Å². The van der Waals surface area contributed by atoms with Crippen LogP contribution in [0.1, 0.15) is 46.7 Å². The second kappa shape index (κ2) is 8.74. The van der Waals surface area contributed by atoms with Gasteiger partial charge in [0, 0.05) is 31.4 Å². The molecule has 144 valence electrons. The standard InChI is InChI=1S/C23H25N3O2/c27-23(21-8-9-22(25-16-21)24-15-18-11-14-28-17-18)26-12-4-7-20(10-13-26)19-5-2-1-3-6-19/h1-3,5-6,8-9,11,14,16-17,20H,4,7,10,12-13,15H2,(H,24,25). The lowest BCUT2D eigenvalue weighted by Gasteiger charge is -2.21. The molecule has 1 aliphatic rings. The van der Waals surface area contributed by atoms with Crippen LogP contribution in [0.4, 0.5) is 5.82 Å². The molecule has 1 unspecified atom stereocenters. The average molecular weight is 375 g/mol. The summed E-state index contributed by atoms with van der Waals surface area (Å²) in [6.45, 7) is 2.24. The van der Waals surface area contributed by atoms with Crippen LogP contribution in [0.15, 0.2) is 71.7 Å². The van der Waals surface area contributed by atoms with E-state index in [2.05, 4.69) is 40.6 Å². The third kappa shape index (κ3) is 4.42. The molecular formula is C23H25N3O2. The Morgan fingerprint density at radius 1 is 1.11 bits per heavy atom. The molecule has 1 fully saturated rings. The smallest absolute Gasteiger partial charge is 0.255 e. The zero-order valence-electron chi connectivity index (χ0n) is 15.9. The zero-order valence-corrected chi connectivity index (χ0v) is 15.9. The number of furan rings is 1. The molecule has 0 aliphatic carbocycles. The van der Waals surface area contributed by atoms with E-state index in [4.69, 9.17) is 4.42 Å². The minimum atomic E-state index is 0.0718. The molecule has 3 heterocycles. The molecule has 0 bridgehead atoms. The number of nitrogens with one attached hydrogen (secondary N) is 1.